The smallest absolute Gasteiger partial charge is 0.139 e. The fraction of sp³-hybridized carbons (Fsp3) is 0.429. The molecule has 0 saturated carbocycles. The lowest BCUT2D eigenvalue weighted by atomic mass is 10.0. The maximum absolute atomic E-state index is 10.6. The first-order valence-corrected chi connectivity index (χ1v) is 14.1. The van der Waals surface area contributed by atoms with E-state index in [1.54, 1.807) is 0 Å². The number of fused-ring (bicyclic) bond motifs is 1. The van der Waals surface area contributed by atoms with Gasteiger partial charge < -0.3 is 9.84 Å². The molecule has 0 spiro atoms. The number of rotatable bonds is 8. The van der Waals surface area contributed by atoms with E-state index in [0.717, 1.165) is 39.3 Å². The molecule has 0 aliphatic carbocycles. The van der Waals surface area contributed by atoms with E-state index in [1.807, 2.05) is 29.1 Å². The van der Waals surface area contributed by atoms with Crippen molar-refractivity contribution in [2.24, 2.45) is 0 Å². The second-order valence-electron chi connectivity index (χ2n) is 8.47. The van der Waals surface area contributed by atoms with Crippen LogP contribution < -0.4 is 0 Å². The first-order valence-electron chi connectivity index (χ1n) is 9.56. The van der Waals surface area contributed by atoms with Gasteiger partial charge in [-0.3, -0.25) is 0 Å². The van der Waals surface area contributed by atoms with Gasteiger partial charge in [0.25, 0.3) is 0 Å². The van der Waals surface area contributed by atoms with Gasteiger partial charge in [-0.05, 0) is 58.2 Å². The first kappa shape index (κ1) is 21.2. The van der Waals surface area contributed by atoms with Gasteiger partial charge in [0, 0.05) is 32.7 Å². The number of pyridine rings is 1. The Labute approximate surface area is 175 Å². The minimum atomic E-state index is -1.08. The van der Waals surface area contributed by atoms with Crippen molar-refractivity contribution in [2.75, 3.05) is 6.61 Å². The van der Waals surface area contributed by atoms with Crippen molar-refractivity contribution in [3.8, 4) is 0 Å². The zero-order chi connectivity index (χ0) is 20.3. The standard InChI is InChI=1S/C21H28BrN3O2Si/c1-15-10-16(12-19(26)18-6-5-7-20(22)23-18)11-17-13-25(24-21(15)17)14-27-8-9-28(2,3)4/h5-7,10-11,13,19,26H,8-9,12,14H2,1-4H3. The van der Waals surface area contributed by atoms with Crippen LogP contribution in [0.25, 0.3) is 10.9 Å². The highest BCUT2D eigenvalue weighted by Gasteiger charge is 2.14. The molecular weight excluding hydrogens is 434 g/mol. The summed E-state index contributed by atoms with van der Waals surface area (Å²) in [5.74, 6) is 0. The number of aromatic nitrogens is 3. The lowest BCUT2D eigenvalue weighted by molar-refractivity contribution is 0.0791. The van der Waals surface area contributed by atoms with Gasteiger partial charge in [-0.15, -0.1) is 0 Å². The van der Waals surface area contributed by atoms with Gasteiger partial charge in [-0.1, -0.05) is 31.8 Å². The van der Waals surface area contributed by atoms with Crippen molar-refractivity contribution in [1.82, 2.24) is 14.8 Å². The van der Waals surface area contributed by atoms with Gasteiger partial charge in [0.2, 0.25) is 0 Å². The van der Waals surface area contributed by atoms with Crippen LogP contribution in [0.1, 0.15) is 22.9 Å². The fourth-order valence-corrected chi connectivity index (χ4v) is 4.21. The molecule has 1 aromatic carbocycles. The van der Waals surface area contributed by atoms with Gasteiger partial charge in [0.15, 0.2) is 0 Å². The first-order chi connectivity index (χ1) is 13.2. The van der Waals surface area contributed by atoms with Crippen LogP contribution in [0.15, 0.2) is 41.1 Å². The molecular formula is C21H28BrN3O2Si. The van der Waals surface area contributed by atoms with Crippen LogP contribution in [0.3, 0.4) is 0 Å². The lowest BCUT2D eigenvalue weighted by Crippen LogP contribution is -2.22. The van der Waals surface area contributed by atoms with Crippen LogP contribution in [0.5, 0.6) is 0 Å². The summed E-state index contributed by atoms with van der Waals surface area (Å²) < 4.78 is 8.40. The molecule has 0 aliphatic rings. The molecule has 0 amide bonds. The summed E-state index contributed by atoms with van der Waals surface area (Å²) in [7, 11) is -1.08. The maximum atomic E-state index is 10.6. The summed E-state index contributed by atoms with van der Waals surface area (Å²) >= 11 is 3.36. The summed E-state index contributed by atoms with van der Waals surface area (Å²) in [4.78, 5) is 4.35. The molecule has 1 atom stereocenters. The normalized spacial score (nSPS) is 13.2. The summed E-state index contributed by atoms with van der Waals surface area (Å²) in [5, 5.41) is 16.3. The van der Waals surface area contributed by atoms with E-state index < -0.39 is 14.2 Å². The Kier molecular flexibility index (Phi) is 6.70. The van der Waals surface area contributed by atoms with E-state index in [2.05, 4.69) is 64.7 Å². The molecule has 2 heterocycles. The molecule has 150 valence electrons. The third kappa shape index (κ3) is 5.73. The predicted octanol–water partition coefficient (Wildman–Crippen LogP) is 5.09. The molecule has 0 bridgehead atoms. The van der Waals surface area contributed by atoms with Gasteiger partial charge >= 0.3 is 0 Å². The molecule has 0 fully saturated rings. The summed E-state index contributed by atoms with van der Waals surface area (Å²) in [6.07, 6.45) is 1.89. The second-order valence-corrected chi connectivity index (χ2v) is 14.9. The van der Waals surface area contributed by atoms with Crippen molar-refractivity contribution in [3.63, 3.8) is 0 Å². The third-order valence-electron chi connectivity index (χ3n) is 4.63. The number of hydrogen-bond donors (Lipinski definition) is 1. The second kappa shape index (κ2) is 8.86. The Balaban J connectivity index is 1.70. The third-order valence-corrected chi connectivity index (χ3v) is 6.78. The van der Waals surface area contributed by atoms with Gasteiger partial charge in [0.05, 0.1) is 17.3 Å². The molecule has 0 radical (unpaired) electrons. The van der Waals surface area contributed by atoms with Gasteiger partial charge in [-0.25, -0.2) is 9.67 Å². The number of aliphatic hydroxyl groups excluding tert-OH is 1. The zero-order valence-corrected chi connectivity index (χ0v) is 19.5. The number of hydrogen-bond acceptors (Lipinski definition) is 4. The highest BCUT2D eigenvalue weighted by atomic mass is 79.9. The molecule has 3 aromatic rings. The Morgan fingerprint density at radius 2 is 2.04 bits per heavy atom. The Morgan fingerprint density at radius 1 is 1.25 bits per heavy atom. The summed E-state index contributed by atoms with van der Waals surface area (Å²) in [6, 6.07) is 10.9. The molecule has 7 heteroatoms. The molecule has 0 saturated heterocycles. The van der Waals surface area contributed by atoms with Gasteiger partial charge in [-0.2, -0.15) is 5.10 Å². The number of nitrogens with zero attached hydrogens (tertiary/aromatic N) is 3. The van der Waals surface area contributed by atoms with Crippen LogP contribution in [0.2, 0.25) is 25.7 Å². The van der Waals surface area contributed by atoms with Crippen molar-refractivity contribution in [3.05, 3.63) is 58.0 Å². The predicted molar refractivity (Wildman–Crippen MR) is 119 cm³/mol. The van der Waals surface area contributed by atoms with Crippen molar-refractivity contribution < 1.29 is 9.84 Å². The van der Waals surface area contributed by atoms with Gasteiger partial charge in [0.1, 0.15) is 11.3 Å². The Bertz CT molecular complexity index is 952. The van der Waals surface area contributed by atoms with E-state index in [1.165, 1.54) is 0 Å². The zero-order valence-electron chi connectivity index (χ0n) is 16.9. The number of benzene rings is 1. The summed E-state index contributed by atoms with van der Waals surface area (Å²) in [6.45, 7) is 10.4. The van der Waals surface area contributed by atoms with Crippen LogP contribution in [0.4, 0.5) is 0 Å². The van der Waals surface area contributed by atoms with Crippen molar-refractivity contribution in [1.29, 1.82) is 0 Å². The highest BCUT2D eigenvalue weighted by molar-refractivity contribution is 9.10. The average Bonchev–Trinajstić information content (AvgIpc) is 3.01. The topological polar surface area (TPSA) is 60.2 Å². The van der Waals surface area contributed by atoms with Crippen molar-refractivity contribution >= 4 is 34.9 Å². The Hall–Kier alpha value is -1.54. The fourth-order valence-electron chi connectivity index (χ4n) is 3.09. The summed E-state index contributed by atoms with van der Waals surface area (Å²) in [5.41, 5.74) is 3.81. The van der Waals surface area contributed by atoms with Crippen LogP contribution in [-0.2, 0) is 17.9 Å². The average molecular weight is 462 g/mol. The minimum absolute atomic E-state index is 0.471. The number of halogens is 1. The SMILES string of the molecule is Cc1cc(CC(O)c2cccc(Br)n2)cc2cn(COCC[Si](C)(C)C)nc12. The van der Waals surface area contributed by atoms with E-state index in [9.17, 15) is 5.11 Å². The quantitative estimate of drug-likeness (QED) is 0.288. The van der Waals surface area contributed by atoms with E-state index in [4.69, 9.17) is 4.74 Å². The van der Waals surface area contributed by atoms with Crippen molar-refractivity contribution in [2.45, 2.75) is 51.9 Å². The molecule has 1 unspecified atom stereocenters. The van der Waals surface area contributed by atoms with E-state index in [-0.39, 0.29) is 0 Å². The number of aryl methyl sites for hydroxylation is 1. The molecule has 0 aliphatic heterocycles. The number of aliphatic hydroxyl groups is 1. The monoisotopic (exact) mass is 461 g/mol. The maximum Gasteiger partial charge on any atom is 0.139 e. The molecule has 5 nitrogen and oxygen atoms in total. The van der Waals surface area contributed by atoms with E-state index >= 15 is 0 Å². The molecule has 2 aromatic heterocycles. The Morgan fingerprint density at radius 3 is 2.75 bits per heavy atom. The highest BCUT2D eigenvalue weighted by Crippen LogP contribution is 2.24. The lowest BCUT2D eigenvalue weighted by Gasteiger charge is -2.15. The van der Waals surface area contributed by atoms with Crippen LogP contribution >= 0.6 is 15.9 Å². The van der Waals surface area contributed by atoms with Crippen LogP contribution in [0, 0.1) is 6.92 Å². The minimum Gasteiger partial charge on any atom is -0.386 e. The van der Waals surface area contributed by atoms with Crippen LogP contribution in [-0.4, -0.2) is 34.6 Å². The number of ether oxygens (including phenoxy) is 1. The molecule has 3 rings (SSSR count). The van der Waals surface area contributed by atoms with E-state index in [0.29, 0.717) is 18.8 Å². The largest absolute Gasteiger partial charge is 0.386 e. The molecule has 1 N–H and O–H groups in total. The molecule has 28 heavy (non-hydrogen) atoms.